The summed E-state index contributed by atoms with van der Waals surface area (Å²) in [7, 11) is 0. The van der Waals surface area contributed by atoms with E-state index in [-0.39, 0.29) is 6.10 Å². The molecular weight excluding hydrogens is 336 g/mol. The number of aliphatic hydroxyl groups excluding tert-OH is 1. The Kier molecular flexibility index (Phi) is 3.36. The van der Waals surface area contributed by atoms with Crippen LogP contribution >= 0.6 is 38.9 Å². The van der Waals surface area contributed by atoms with Crippen LogP contribution in [0.4, 0.5) is 0 Å². The molecule has 0 fully saturated rings. The molecule has 0 bridgehead atoms. The molecule has 94 valence electrons. The molecule has 2 unspecified atom stereocenters. The van der Waals surface area contributed by atoms with Crippen LogP contribution in [0.5, 0.6) is 5.75 Å². The molecule has 3 rings (SSSR count). The molecule has 0 saturated carbocycles. The number of thiophene rings is 1. The number of halogens is 2. The third-order valence-corrected chi connectivity index (χ3v) is 5.17. The van der Waals surface area contributed by atoms with Gasteiger partial charge in [-0.25, -0.2) is 0 Å². The summed E-state index contributed by atoms with van der Waals surface area (Å²) >= 11 is 11.1. The fraction of sp³-hybridized carbons (Fsp3) is 0.231. The van der Waals surface area contributed by atoms with E-state index in [1.165, 1.54) is 0 Å². The molecule has 0 saturated heterocycles. The lowest BCUT2D eigenvalue weighted by Crippen LogP contribution is -2.18. The van der Waals surface area contributed by atoms with E-state index in [1.807, 2.05) is 17.5 Å². The number of ether oxygens (including phenoxy) is 1. The number of benzene rings is 1. The summed E-state index contributed by atoms with van der Waals surface area (Å²) in [5, 5.41) is 12.8. The third-order valence-electron chi connectivity index (χ3n) is 2.97. The molecule has 1 aliphatic heterocycles. The Hall–Kier alpha value is -0.550. The second kappa shape index (κ2) is 4.85. The molecule has 1 N–H and O–H groups in total. The monoisotopic (exact) mass is 344 g/mol. The first-order valence-electron chi connectivity index (χ1n) is 5.52. The summed E-state index contributed by atoms with van der Waals surface area (Å²) in [6.45, 7) is 0. The molecule has 1 aromatic carbocycles. The average molecular weight is 346 g/mol. The van der Waals surface area contributed by atoms with Crippen molar-refractivity contribution in [2.45, 2.75) is 18.6 Å². The van der Waals surface area contributed by atoms with Crippen molar-refractivity contribution in [3.63, 3.8) is 0 Å². The maximum Gasteiger partial charge on any atom is 0.137 e. The molecule has 0 radical (unpaired) electrons. The van der Waals surface area contributed by atoms with Crippen LogP contribution in [0.1, 0.15) is 29.1 Å². The zero-order valence-electron chi connectivity index (χ0n) is 9.27. The smallest absolute Gasteiger partial charge is 0.137 e. The topological polar surface area (TPSA) is 29.5 Å². The van der Waals surface area contributed by atoms with E-state index in [1.54, 1.807) is 23.5 Å². The Morgan fingerprint density at radius 3 is 2.94 bits per heavy atom. The summed E-state index contributed by atoms with van der Waals surface area (Å²) in [5.41, 5.74) is 0.770. The Balaban J connectivity index is 1.97. The zero-order valence-corrected chi connectivity index (χ0v) is 12.4. The lowest BCUT2D eigenvalue weighted by atomic mass is 9.98. The molecule has 5 heteroatoms. The van der Waals surface area contributed by atoms with Crippen LogP contribution < -0.4 is 4.74 Å². The zero-order chi connectivity index (χ0) is 12.7. The molecule has 1 aliphatic rings. The van der Waals surface area contributed by atoms with Gasteiger partial charge in [-0.15, -0.1) is 11.3 Å². The highest BCUT2D eigenvalue weighted by atomic mass is 79.9. The Morgan fingerprint density at radius 2 is 2.22 bits per heavy atom. The summed E-state index contributed by atoms with van der Waals surface area (Å²) in [5.74, 6) is 0.712. The van der Waals surface area contributed by atoms with Crippen LogP contribution in [0.25, 0.3) is 0 Å². The standard InChI is InChI=1S/C13H10BrClO2S/c14-9-3-4-18-13(9)12-6-10(16)8-5-7(15)1-2-11(8)17-12/h1-5,10,12,16H,6H2. The molecule has 2 aromatic rings. The van der Waals surface area contributed by atoms with Gasteiger partial charge in [-0.2, -0.15) is 0 Å². The fourth-order valence-corrected chi connectivity index (χ4v) is 3.96. The van der Waals surface area contributed by atoms with Crippen molar-refractivity contribution in [1.29, 1.82) is 0 Å². The quantitative estimate of drug-likeness (QED) is 0.810. The fourth-order valence-electron chi connectivity index (χ4n) is 2.11. The van der Waals surface area contributed by atoms with Crippen molar-refractivity contribution in [2.75, 3.05) is 0 Å². The van der Waals surface area contributed by atoms with Gasteiger partial charge in [0, 0.05) is 21.5 Å². The number of hydrogen-bond acceptors (Lipinski definition) is 3. The van der Waals surface area contributed by atoms with Crippen LogP contribution in [0.2, 0.25) is 5.02 Å². The van der Waals surface area contributed by atoms with Gasteiger partial charge in [0.2, 0.25) is 0 Å². The minimum Gasteiger partial charge on any atom is -0.484 e. The molecule has 2 atom stereocenters. The lowest BCUT2D eigenvalue weighted by molar-refractivity contribution is 0.0671. The van der Waals surface area contributed by atoms with Crippen molar-refractivity contribution in [1.82, 2.24) is 0 Å². The van der Waals surface area contributed by atoms with Gasteiger partial charge in [-0.3, -0.25) is 0 Å². The molecule has 0 spiro atoms. The minimum atomic E-state index is -0.536. The van der Waals surface area contributed by atoms with Gasteiger partial charge in [0.15, 0.2) is 0 Å². The molecular formula is C13H10BrClO2S. The second-order valence-corrected chi connectivity index (χ2v) is 6.41. The highest BCUT2D eigenvalue weighted by molar-refractivity contribution is 9.10. The van der Waals surface area contributed by atoms with E-state index in [2.05, 4.69) is 15.9 Å². The summed E-state index contributed by atoms with van der Waals surface area (Å²) in [4.78, 5) is 1.11. The number of rotatable bonds is 1. The third kappa shape index (κ3) is 2.18. The maximum absolute atomic E-state index is 10.2. The lowest BCUT2D eigenvalue weighted by Gasteiger charge is -2.29. The van der Waals surface area contributed by atoms with E-state index in [9.17, 15) is 5.11 Å². The molecule has 18 heavy (non-hydrogen) atoms. The Morgan fingerprint density at radius 1 is 1.39 bits per heavy atom. The van der Waals surface area contributed by atoms with Crippen LogP contribution in [0, 0.1) is 0 Å². The second-order valence-electron chi connectivity index (χ2n) is 4.17. The molecule has 1 aromatic heterocycles. The van der Waals surface area contributed by atoms with Gasteiger partial charge in [0.25, 0.3) is 0 Å². The maximum atomic E-state index is 10.2. The first-order valence-corrected chi connectivity index (χ1v) is 7.57. The first kappa shape index (κ1) is 12.5. The summed E-state index contributed by atoms with van der Waals surface area (Å²) in [6, 6.07) is 7.35. The van der Waals surface area contributed by atoms with Gasteiger partial charge in [0.1, 0.15) is 11.9 Å². The van der Waals surface area contributed by atoms with Gasteiger partial charge in [-0.05, 0) is 45.6 Å². The highest BCUT2D eigenvalue weighted by Gasteiger charge is 2.29. The molecule has 0 amide bonds. The van der Waals surface area contributed by atoms with Crippen molar-refractivity contribution >= 4 is 38.9 Å². The number of hydrogen-bond donors (Lipinski definition) is 1. The van der Waals surface area contributed by atoms with E-state index in [0.717, 1.165) is 14.9 Å². The largest absolute Gasteiger partial charge is 0.484 e. The van der Waals surface area contributed by atoms with E-state index in [0.29, 0.717) is 17.2 Å². The predicted molar refractivity (Wildman–Crippen MR) is 76.4 cm³/mol. The molecule has 2 heterocycles. The van der Waals surface area contributed by atoms with Gasteiger partial charge in [0.05, 0.1) is 11.0 Å². The van der Waals surface area contributed by atoms with Gasteiger partial charge in [-0.1, -0.05) is 11.6 Å². The van der Waals surface area contributed by atoms with Crippen molar-refractivity contribution in [2.24, 2.45) is 0 Å². The normalized spacial score (nSPS) is 22.4. The average Bonchev–Trinajstić information content (AvgIpc) is 2.76. The summed E-state index contributed by atoms with van der Waals surface area (Å²) < 4.78 is 6.97. The van der Waals surface area contributed by atoms with Crippen LogP contribution in [-0.2, 0) is 0 Å². The minimum absolute atomic E-state index is 0.108. The highest BCUT2D eigenvalue weighted by Crippen LogP contribution is 2.44. The van der Waals surface area contributed by atoms with Crippen LogP contribution in [-0.4, -0.2) is 5.11 Å². The molecule has 0 aliphatic carbocycles. The van der Waals surface area contributed by atoms with Crippen molar-refractivity contribution in [3.05, 3.63) is 49.6 Å². The predicted octanol–water partition coefficient (Wildman–Crippen LogP) is 4.72. The number of fused-ring (bicyclic) bond motifs is 1. The van der Waals surface area contributed by atoms with E-state index >= 15 is 0 Å². The van der Waals surface area contributed by atoms with E-state index < -0.39 is 6.10 Å². The Bertz CT molecular complexity index is 584. The van der Waals surface area contributed by atoms with Crippen molar-refractivity contribution in [3.8, 4) is 5.75 Å². The molecule has 2 nitrogen and oxygen atoms in total. The number of aliphatic hydroxyl groups is 1. The van der Waals surface area contributed by atoms with Gasteiger partial charge < -0.3 is 9.84 Å². The van der Waals surface area contributed by atoms with Gasteiger partial charge >= 0.3 is 0 Å². The van der Waals surface area contributed by atoms with Crippen LogP contribution in [0.3, 0.4) is 0 Å². The summed E-state index contributed by atoms with van der Waals surface area (Å²) in [6.07, 6.45) is -0.0959. The Labute approximate surface area is 122 Å². The SMILES string of the molecule is OC1CC(c2sccc2Br)Oc2ccc(Cl)cc21. The first-order chi connectivity index (χ1) is 8.65. The van der Waals surface area contributed by atoms with E-state index in [4.69, 9.17) is 16.3 Å². The van der Waals surface area contributed by atoms with Crippen molar-refractivity contribution < 1.29 is 9.84 Å². The van der Waals surface area contributed by atoms with Crippen LogP contribution in [0.15, 0.2) is 34.1 Å².